The predicted octanol–water partition coefficient (Wildman–Crippen LogP) is 6.41. The van der Waals surface area contributed by atoms with Crippen LogP contribution >= 0.6 is 0 Å². The number of urea groups is 1. The summed E-state index contributed by atoms with van der Waals surface area (Å²) in [5.74, 6) is -1.27. The molecule has 210 valence electrons. The Morgan fingerprint density at radius 2 is 1.43 bits per heavy atom. The number of piperazine rings is 1. The van der Waals surface area contributed by atoms with E-state index in [2.05, 4.69) is 5.32 Å². The molecule has 0 saturated carbocycles. The van der Waals surface area contributed by atoms with Crippen LogP contribution in [0, 0.1) is 5.41 Å². The molecule has 0 unspecified atom stereocenters. The van der Waals surface area contributed by atoms with Crippen LogP contribution in [0.3, 0.4) is 0 Å². The molecule has 0 atom stereocenters. The number of hydrogen-bond acceptors (Lipinski definition) is 4. The van der Waals surface area contributed by atoms with Crippen molar-refractivity contribution >= 4 is 29.2 Å². The van der Waals surface area contributed by atoms with Crippen LogP contribution in [0.25, 0.3) is 11.1 Å². The van der Waals surface area contributed by atoms with E-state index in [1.165, 1.54) is 19.9 Å². The van der Waals surface area contributed by atoms with Crippen molar-refractivity contribution < 1.29 is 32.7 Å². The average Bonchev–Trinajstić information content (AvgIpc) is 2.93. The summed E-state index contributed by atoms with van der Waals surface area (Å²) < 4.78 is 39.1. The monoisotopic (exact) mass is 553 g/mol. The number of hydrogen-bond donors (Lipinski definition) is 2. The SMILES string of the molecule is CC(C)(CC(=O)c1ccc(-c2ccc(NC(=O)N3CCN(c4cccc(C(F)(F)F)c4)CC3)cc2)cc1)C(=O)O. The maximum absolute atomic E-state index is 13.0. The number of carboxylic acids is 1. The van der Waals surface area contributed by atoms with Crippen molar-refractivity contribution in [3.8, 4) is 11.1 Å². The summed E-state index contributed by atoms with van der Waals surface area (Å²) in [7, 11) is 0. The third-order valence-electron chi connectivity index (χ3n) is 6.96. The van der Waals surface area contributed by atoms with Gasteiger partial charge in [-0.05, 0) is 55.3 Å². The normalized spacial score (nSPS) is 14.1. The molecule has 10 heteroatoms. The predicted molar refractivity (Wildman–Crippen MR) is 146 cm³/mol. The van der Waals surface area contributed by atoms with Gasteiger partial charge in [-0.1, -0.05) is 42.5 Å². The Morgan fingerprint density at radius 1 is 0.850 bits per heavy atom. The molecule has 3 aromatic rings. The van der Waals surface area contributed by atoms with Gasteiger partial charge < -0.3 is 20.2 Å². The summed E-state index contributed by atoms with van der Waals surface area (Å²) in [4.78, 5) is 40.0. The summed E-state index contributed by atoms with van der Waals surface area (Å²) in [6.07, 6.45) is -4.51. The quantitative estimate of drug-likeness (QED) is 0.330. The molecule has 3 aromatic carbocycles. The molecule has 2 amide bonds. The number of aliphatic carboxylic acids is 1. The molecule has 1 fully saturated rings. The number of amides is 2. The number of rotatable bonds is 7. The summed E-state index contributed by atoms with van der Waals surface area (Å²) in [6.45, 7) is 4.61. The smallest absolute Gasteiger partial charge is 0.416 e. The second kappa shape index (κ2) is 11.4. The van der Waals surface area contributed by atoms with Crippen molar-refractivity contribution in [2.24, 2.45) is 5.41 Å². The molecule has 1 aliphatic rings. The summed E-state index contributed by atoms with van der Waals surface area (Å²) in [6, 6.07) is 19.0. The van der Waals surface area contributed by atoms with Gasteiger partial charge in [0.1, 0.15) is 0 Å². The lowest BCUT2D eigenvalue weighted by Crippen LogP contribution is -2.50. The zero-order valence-corrected chi connectivity index (χ0v) is 22.2. The Hall–Kier alpha value is -4.34. The first-order valence-electron chi connectivity index (χ1n) is 12.8. The number of nitrogens with zero attached hydrogens (tertiary/aromatic N) is 2. The summed E-state index contributed by atoms with van der Waals surface area (Å²) in [5.41, 5.74) is 1.40. The van der Waals surface area contributed by atoms with Crippen molar-refractivity contribution in [1.82, 2.24) is 4.90 Å². The van der Waals surface area contributed by atoms with Crippen molar-refractivity contribution in [2.45, 2.75) is 26.4 Å². The Morgan fingerprint density at radius 3 is 1.98 bits per heavy atom. The number of benzene rings is 3. The summed E-state index contributed by atoms with van der Waals surface area (Å²) >= 11 is 0. The first-order valence-corrected chi connectivity index (χ1v) is 12.8. The van der Waals surface area contributed by atoms with Crippen LogP contribution in [0.2, 0.25) is 0 Å². The van der Waals surface area contributed by atoms with Gasteiger partial charge in [0.05, 0.1) is 11.0 Å². The van der Waals surface area contributed by atoms with Crippen LogP contribution in [0.5, 0.6) is 0 Å². The van der Waals surface area contributed by atoms with Crippen molar-refractivity contribution in [1.29, 1.82) is 0 Å². The van der Waals surface area contributed by atoms with Crippen LogP contribution in [0.4, 0.5) is 29.3 Å². The fraction of sp³-hybridized carbons (Fsp3) is 0.300. The van der Waals surface area contributed by atoms with E-state index in [1.54, 1.807) is 47.4 Å². The first-order chi connectivity index (χ1) is 18.8. The molecule has 1 saturated heterocycles. The van der Waals surface area contributed by atoms with Gasteiger partial charge in [-0.3, -0.25) is 9.59 Å². The highest BCUT2D eigenvalue weighted by molar-refractivity contribution is 5.99. The fourth-order valence-corrected chi connectivity index (χ4v) is 4.42. The molecular formula is C30H30F3N3O4. The lowest BCUT2D eigenvalue weighted by molar-refractivity contribution is -0.146. The van der Waals surface area contributed by atoms with Crippen molar-refractivity contribution in [2.75, 3.05) is 36.4 Å². The van der Waals surface area contributed by atoms with Gasteiger partial charge in [0, 0.05) is 49.5 Å². The molecule has 0 spiro atoms. The molecule has 0 aromatic heterocycles. The van der Waals surface area contributed by atoms with E-state index in [4.69, 9.17) is 0 Å². The van der Waals surface area contributed by atoms with E-state index < -0.39 is 23.1 Å². The molecule has 4 rings (SSSR count). The van der Waals surface area contributed by atoms with E-state index in [1.807, 2.05) is 17.0 Å². The Kier molecular flexibility index (Phi) is 8.18. The molecular weight excluding hydrogens is 523 g/mol. The van der Waals surface area contributed by atoms with Crippen LogP contribution in [-0.2, 0) is 11.0 Å². The van der Waals surface area contributed by atoms with Gasteiger partial charge >= 0.3 is 18.2 Å². The van der Waals surface area contributed by atoms with Gasteiger partial charge in [0.2, 0.25) is 0 Å². The highest BCUT2D eigenvalue weighted by Gasteiger charge is 2.32. The molecule has 1 heterocycles. The van der Waals surface area contributed by atoms with E-state index in [-0.39, 0.29) is 18.2 Å². The van der Waals surface area contributed by atoms with Crippen LogP contribution in [0.1, 0.15) is 36.2 Å². The maximum Gasteiger partial charge on any atom is 0.416 e. The standard InChI is InChI=1S/C30H30F3N3O4/c1-29(2,27(38)39)19-26(37)22-8-6-20(7-9-22)21-10-12-24(13-11-21)34-28(40)36-16-14-35(15-17-36)25-5-3-4-23(18-25)30(31,32)33/h3-13,18H,14-17,19H2,1-2H3,(H,34,40)(H,38,39). The second-order valence-corrected chi connectivity index (χ2v) is 10.4. The lowest BCUT2D eigenvalue weighted by atomic mass is 9.85. The minimum Gasteiger partial charge on any atom is -0.481 e. The number of ketones is 1. The lowest BCUT2D eigenvalue weighted by Gasteiger charge is -2.36. The average molecular weight is 554 g/mol. The number of carbonyl (C=O) groups excluding carboxylic acids is 2. The molecule has 0 bridgehead atoms. The highest BCUT2D eigenvalue weighted by atomic mass is 19.4. The van der Waals surface area contributed by atoms with E-state index >= 15 is 0 Å². The summed E-state index contributed by atoms with van der Waals surface area (Å²) in [5, 5.41) is 12.1. The molecule has 1 aliphatic heterocycles. The number of carbonyl (C=O) groups is 3. The number of alkyl halides is 3. The number of anilines is 2. The minimum atomic E-state index is -4.41. The molecule has 0 radical (unpaired) electrons. The van der Waals surface area contributed by atoms with Crippen molar-refractivity contribution in [3.63, 3.8) is 0 Å². The van der Waals surface area contributed by atoms with Gasteiger partial charge in [-0.15, -0.1) is 0 Å². The van der Waals surface area contributed by atoms with E-state index in [0.717, 1.165) is 23.3 Å². The Labute approximate surface area is 230 Å². The fourth-order valence-electron chi connectivity index (χ4n) is 4.42. The van der Waals surface area contributed by atoms with Crippen LogP contribution < -0.4 is 10.2 Å². The Balaban J connectivity index is 1.31. The molecule has 0 aliphatic carbocycles. The Bertz CT molecular complexity index is 1380. The molecule has 2 N–H and O–H groups in total. The zero-order chi connectivity index (χ0) is 29.1. The first kappa shape index (κ1) is 28.7. The van der Waals surface area contributed by atoms with Crippen molar-refractivity contribution in [3.05, 3.63) is 83.9 Å². The number of carboxylic acid groups (broad SMARTS) is 1. The van der Waals surface area contributed by atoms with Gasteiger partial charge in [-0.2, -0.15) is 13.2 Å². The van der Waals surface area contributed by atoms with E-state index in [0.29, 0.717) is 43.1 Å². The number of nitrogens with one attached hydrogen (secondary N) is 1. The minimum absolute atomic E-state index is 0.101. The van der Waals surface area contributed by atoms with E-state index in [9.17, 15) is 32.7 Å². The second-order valence-electron chi connectivity index (χ2n) is 10.4. The topological polar surface area (TPSA) is 90.0 Å². The van der Waals surface area contributed by atoms with Gasteiger partial charge in [0.25, 0.3) is 0 Å². The molecule has 7 nitrogen and oxygen atoms in total. The largest absolute Gasteiger partial charge is 0.481 e. The van der Waals surface area contributed by atoms with Crippen LogP contribution in [-0.4, -0.2) is 54.0 Å². The van der Waals surface area contributed by atoms with Gasteiger partial charge in [-0.25, -0.2) is 4.79 Å². The third kappa shape index (κ3) is 6.80. The number of Topliss-reactive ketones (excluding diaryl/α,β-unsaturated/α-hetero) is 1. The highest BCUT2D eigenvalue weighted by Crippen LogP contribution is 2.32. The van der Waals surface area contributed by atoms with Gasteiger partial charge in [0.15, 0.2) is 5.78 Å². The number of halogens is 3. The van der Waals surface area contributed by atoms with Crippen LogP contribution in [0.15, 0.2) is 72.8 Å². The zero-order valence-electron chi connectivity index (χ0n) is 22.2. The molecule has 40 heavy (non-hydrogen) atoms. The maximum atomic E-state index is 13.0. The third-order valence-corrected chi connectivity index (χ3v) is 6.96.